The molecule has 2 saturated heterocycles. The summed E-state index contributed by atoms with van der Waals surface area (Å²) in [5, 5.41) is 28.6. The smallest absolute Gasteiger partial charge is 0.308 e. The molecule has 7 aliphatic heterocycles. The third kappa shape index (κ3) is 5.12. The van der Waals surface area contributed by atoms with Crippen LogP contribution >= 0.6 is 11.8 Å². The van der Waals surface area contributed by atoms with Gasteiger partial charge >= 0.3 is 5.97 Å². The van der Waals surface area contributed by atoms with E-state index in [2.05, 4.69) is 20.1 Å². The number of hydrogen-bond donors (Lipinski definition) is 4. The number of ether oxygens (including phenoxy) is 5. The number of aromatic hydroxyl groups is 1. The van der Waals surface area contributed by atoms with Crippen LogP contribution in [0.15, 0.2) is 24.3 Å². The summed E-state index contributed by atoms with van der Waals surface area (Å²) in [5.74, 6) is 0.782. The van der Waals surface area contributed by atoms with E-state index in [0.29, 0.717) is 63.8 Å². The highest BCUT2D eigenvalue weighted by molar-refractivity contribution is 7.99. The van der Waals surface area contributed by atoms with Crippen LogP contribution in [0.2, 0.25) is 0 Å². The van der Waals surface area contributed by atoms with E-state index in [-0.39, 0.29) is 55.2 Å². The van der Waals surface area contributed by atoms with Crippen molar-refractivity contribution < 1.29 is 47.9 Å². The molecule has 4 bridgehead atoms. The quantitative estimate of drug-likeness (QED) is 0.163. The third-order valence-corrected chi connectivity index (χ3v) is 14.6. The van der Waals surface area contributed by atoms with E-state index in [1.54, 1.807) is 6.07 Å². The number of methoxy groups -OCH3 is 1. The molecular formula is C42H45FN4O9S. The van der Waals surface area contributed by atoms with E-state index in [9.17, 15) is 24.2 Å². The predicted octanol–water partition coefficient (Wildman–Crippen LogP) is 4.75. The first-order valence-electron chi connectivity index (χ1n) is 19.4. The number of aryl methyl sites for hydroxylation is 1. The SMILES string of the molecule is COc1c(C)cc2c(c1O)[C@@H]1C3[C@@H]4SC[C@]5(NC(C)Cc6c5[nH]c5ccc(F)cc65)C(=O)COC[C@H](c5c6c(c(C)c(OC(C)=O)c54)OCO6)N3[C@@H](O)[C@H](C2)N1C. The van der Waals surface area contributed by atoms with Crippen molar-refractivity contribution >= 4 is 34.4 Å². The van der Waals surface area contributed by atoms with Gasteiger partial charge in [0, 0.05) is 63.6 Å². The number of H-pyrrole nitrogens is 1. The highest BCUT2D eigenvalue weighted by atomic mass is 32.2. The first-order valence-corrected chi connectivity index (χ1v) is 20.4. The summed E-state index contributed by atoms with van der Waals surface area (Å²) in [6.07, 6.45) is 0.00535. The Morgan fingerprint density at radius 1 is 1.11 bits per heavy atom. The molecule has 0 radical (unpaired) electrons. The molecule has 4 aromatic rings. The molecular weight excluding hydrogens is 756 g/mol. The number of nitrogens with zero attached hydrogens (tertiary/aromatic N) is 2. The number of fused-ring (bicyclic) bond motifs is 12. The molecule has 8 atom stereocenters. The van der Waals surface area contributed by atoms with Crippen molar-refractivity contribution in [2.75, 3.05) is 39.9 Å². The van der Waals surface area contributed by atoms with Gasteiger partial charge in [0.05, 0.1) is 37.1 Å². The average molecular weight is 801 g/mol. The summed E-state index contributed by atoms with van der Waals surface area (Å²) in [4.78, 5) is 35.7. The van der Waals surface area contributed by atoms with E-state index in [4.69, 9.17) is 23.7 Å². The number of carbonyl (C=O) groups is 2. The van der Waals surface area contributed by atoms with Gasteiger partial charge in [0.25, 0.3) is 0 Å². The summed E-state index contributed by atoms with van der Waals surface area (Å²) in [5.41, 5.74) is 5.29. The molecule has 1 spiro atoms. The fraction of sp³-hybridized carbons (Fsp3) is 0.476. The molecule has 11 rings (SSSR count). The van der Waals surface area contributed by atoms with Crippen molar-refractivity contribution in [3.8, 4) is 28.7 Å². The average Bonchev–Trinajstić information content (AvgIpc) is 3.79. The van der Waals surface area contributed by atoms with Crippen LogP contribution in [0.4, 0.5) is 4.39 Å². The molecule has 57 heavy (non-hydrogen) atoms. The van der Waals surface area contributed by atoms with Gasteiger partial charge in [0.2, 0.25) is 6.79 Å². The van der Waals surface area contributed by atoms with E-state index in [1.807, 2.05) is 33.9 Å². The van der Waals surface area contributed by atoms with Crippen molar-refractivity contribution in [3.63, 3.8) is 0 Å². The number of rotatable bonds is 2. The number of aliphatic hydroxyl groups is 1. The number of ketones is 1. The van der Waals surface area contributed by atoms with Crippen molar-refractivity contribution in [1.82, 2.24) is 20.1 Å². The molecule has 15 heteroatoms. The Hall–Kier alpha value is -4.38. The maximum absolute atomic E-state index is 14.9. The Kier molecular flexibility index (Phi) is 8.46. The maximum Gasteiger partial charge on any atom is 0.308 e. The van der Waals surface area contributed by atoms with Gasteiger partial charge in [-0.15, -0.1) is 11.8 Å². The molecule has 7 aliphatic rings. The standard InChI is InChI=1S/C42H45FN4O9S/c1-17-9-21-11-26-41(51)47-27-13-53-14-28(49)42(40-24(10-18(2)45-42)23-12-22(43)7-8-25(23)44-40)15-57-39(33(47)32(46(26)5)29(21)34(50)35(17)52-6)31-30(27)38-37(54-16-55-38)19(3)36(31)56-20(4)48/h7-9,12,18,26-27,32-33,39,41,44-45,50-51H,10-11,13-16H2,1-6H3/t18?,26-,27+,32+,33?,39+,41-,42-/m0/s1. The zero-order valence-electron chi connectivity index (χ0n) is 32.5. The minimum absolute atomic E-state index is 0.0301. The topological polar surface area (TPSA) is 155 Å². The number of hydrogen-bond acceptors (Lipinski definition) is 13. The van der Waals surface area contributed by atoms with E-state index in [0.717, 1.165) is 27.6 Å². The van der Waals surface area contributed by atoms with Crippen LogP contribution in [-0.2, 0) is 32.7 Å². The van der Waals surface area contributed by atoms with Crippen LogP contribution in [0.3, 0.4) is 0 Å². The van der Waals surface area contributed by atoms with Gasteiger partial charge in [-0.3, -0.25) is 24.7 Å². The molecule has 2 unspecified atom stereocenters. The molecule has 300 valence electrons. The Morgan fingerprint density at radius 2 is 1.89 bits per heavy atom. The number of nitrogens with one attached hydrogen (secondary N) is 2. The molecule has 2 fully saturated rings. The van der Waals surface area contributed by atoms with Crippen molar-refractivity contribution in [1.29, 1.82) is 0 Å². The molecule has 0 aliphatic carbocycles. The van der Waals surface area contributed by atoms with Crippen LogP contribution in [-0.4, -0.2) is 101 Å². The number of esters is 1. The number of thioether (sulfide) groups is 1. The summed E-state index contributed by atoms with van der Waals surface area (Å²) in [6.45, 7) is 6.76. The number of phenols is 1. The number of Topliss-reactive ketones (excluding diaryl/α,β-unsaturated/α-hetero) is 1. The third-order valence-electron chi connectivity index (χ3n) is 13.1. The van der Waals surface area contributed by atoms with Gasteiger partial charge in [-0.05, 0) is 75.5 Å². The van der Waals surface area contributed by atoms with Gasteiger partial charge in [0.15, 0.2) is 28.8 Å². The number of piperazine rings is 1. The van der Waals surface area contributed by atoms with Gasteiger partial charge < -0.3 is 38.9 Å². The molecule has 13 nitrogen and oxygen atoms in total. The first kappa shape index (κ1) is 36.9. The Labute approximate surface area is 332 Å². The molecule has 8 heterocycles. The van der Waals surface area contributed by atoms with Gasteiger partial charge in [-0.1, -0.05) is 6.07 Å². The number of carbonyl (C=O) groups excluding carboxylic acids is 2. The normalized spacial score (nSPS) is 30.4. The van der Waals surface area contributed by atoms with Crippen LogP contribution in [0.5, 0.6) is 28.7 Å². The molecule has 1 aromatic heterocycles. The second-order valence-electron chi connectivity index (χ2n) is 16.3. The van der Waals surface area contributed by atoms with Crippen molar-refractivity contribution in [2.24, 2.45) is 0 Å². The number of phenolic OH excluding ortho intramolecular Hbond substituents is 1. The van der Waals surface area contributed by atoms with Crippen molar-refractivity contribution in [2.45, 2.75) is 87.8 Å². The van der Waals surface area contributed by atoms with Gasteiger partial charge in [-0.2, -0.15) is 0 Å². The van der Waals surface area contributed by atoms with Crippen molar-refractivity contribution in [3.05, 3.63) is 74.7 Å². The highest BCUT2D eigenvalue weighted by Crippen LogP contribution is 2.64. The van der Waals surface area contributed by atoms with E-state index < -0.39 is 41.1 Å². The number of halogens is 1. The lowest BCUT2D eigenvalue weighted by atomic mass is 9.73. The lowest BCUT2D eigenvalue weighted by Crippen LogP contribution is -2.69. The second kappa shape index (κ2) is 13.1. The fourth-order valence-electron chi connectivity index (χ4n) is 10.9. The minimum atomic E-state index is -1.30. The summed E-state index contributed by atoms with van der Waals surface area (Å²) in [6, 6.07) is 4.34. The molecule has 0 saturated carbocycles. The molecule has 0 amide bonds. The Morgan fingerprint density at radius 3 is 2.67 bits per heavy atom. The number of aromatic amines is 1. The van der Waals surface area contributed by atoms with Crippen LogP contribution in [0.25, 0.3) is 10.9 Å². The summed E-state index contributed by atoms with van der Waals surface area (Å²) in [7, 11) is 3.51. The lowest BCUT2D eigenvalue weighted by molar-refractivity contribution is -0.181. The highest BCUT2D eigenvalue weighted by Gasteiger charge is 2.61. The lowest BCUT2D eigenvalue weighted by Gasteiger charge is -2.61. The largest absolute Gasteiger partial charge is 0.504 e. The maximum atomic E-state index is 14.9. The zero-order valence-corrected chi connectivity index (χ0v) is 33.3. The zero-order chi connectivity index (χ0) is 39.8. The number of aromatic nitrogens is 1. The number of aliphatic hydroxyl groups excluding tert-OH is 1. The Bertz CT molecular complexity index is 2400. The second-order valence-corrected chi connectivity index (χ2v) is 17.5. The van der Waals surface area contributed by atoms with Crippen LogP contribution < -0.4 is 24.3 Å². The first-order chi connectivity index (χ1) is 27.3. The minimum Gasteiger partial charge on any atom is -0.504 e. The summed E-state index contributed by atoms with van der Waals surface area (Å²) < 4.78 is 45.5. The van der Waals surface area contributed by atoms with E-state index in [1.165, 1.54) is 37.9 Å². The van der Waals surface area contributed by atoms with Crippen LogP contribution in [0, 0.1) is 19.7 Å². The number of likely N-dealkylation sites (N-methyl/N-ethyl adjacent to an activating group) is 1. The predicted molar refractivity (Wildman–Crippen MR) is 208 cm³/mol. The van der Waals surface area contributed by atoms with E-state index >= 15 is 0 Å². The molecule has 3 aromatic carbocycles. The monoisotopic (exact) mass is 800 g/mol. The number of benzene rings is 3. The van der Waals surface area contributed by atoms with Gasteiger partial charge in [0.1, 0.15) is 29.9 Å². The summed E-state index contributed by atoms with van der Waals surface area (Å²) >= 11 is 1.51. The van der Waals surface area contributed by atoms with Crippen LogP contribution in [0.1, 0.15) is 75.8 Å². The van der Waals surface area contributed by atoms with Gasteiger partial charge in [-0.25, -0.2) is 4.39 Å². The Balaban J connectivity index is 1.25. The fourth-order valence-corrected chi connectivity index (χ4v) is 12.6. The molecule has 4 N–H and O–H groups in total.